The van der Waals surface area contributed by atoms with Crippen LogP contribution in [-0.4, -0.2) is 21.9 Å². The number of alkyl halides is 2. The lowest BCUT2D eigenvalue weighted by atomic mass is 10.0. The van der Waals surface area contributed by atoms with Crippen molar-refractivity contribution in [2.75, 3.05) is 10.6 Å². The van der Waals surface area contributed by atoms with Gasteiger partial charge < -0.3 is 10.6 Å². The Hall–Kier alpha value is -2.78. The molecular weight excluding hydrogens is 623 g/mol. The number of rotatable bonds is 9. The third-order valence-corrected chi connectivity index (χ3v) is 8.70. The molecular formula is C29H21Cl4F3N2O3. The van der Waals surface area contributed by atoms with Gasteiger partial charge >= 0.3 is 0 Å². The molecule has 2 amide bonds. The zero-order chi connectivity index (χ0) is 29.6. The fraction of sp³-hybridized carbons (Fsp3) is 0.276. The highest BCUT2D eigenvalue weighted by atomic mass is 35.5. The summed E-state index contributed by atoms with van der Waals surface area (Å²) in [7, 11) is 0. The molecule has 2 fully saturated rings. The van der Waals surface area contributed by atoms with Gasteiger partial charge in [0.2, 0.25) is 5.91 Å². The SMILES string of the molecule is O=C(Cc1c(F)ccc(NC(=O)c2cc(NC(=O)[C@H]3[C@H](c4ccc(F)c(Cl)c4)C3(Cl)Cl)ccc2Cl)c1F)CC1CC1. The number of Topliss-reactive ketones (excluding diaryl/α,β-unsaturated/α-hetero) is 1. The number of ketones is 1. The average Bonchev–Trinajstić information content (AvgIpc) is 3.82. The largest absolute Gasteiger partial charge is 0.326 e. The summed E-state index contributed by atoms with van der Waals surface area (Å²) in [5, 5.41) is 4.84. The molecule has 0 radical (unpaired) electrons. The van der Waals surface area contributed by atoms with Crippen molar-refractivity contribution in [3.63, 3.8) is 0 Å². The van der Waals surface area contributed by atoms with Gasteiger partial charge in [-0.1, -0.05) is 29.3 Å². The number of halogens is 7. The molecule has 0 saturated heterocycles. The van der Waals surface area contributed by atoms with Crippen LogP contribution in [0.3, 0.4) is 0 Å². The van der Waals surface area contributed by atoms with Gasteiger partial charge in [0.1, 0.15) is 21.8 Å². The van der Waals surface area contributed by atoms with E-state index in [1.165, 1.54) is 30.3 Å². The molecule has 214 valence electrons. The van der Waals surface area contributed by atoms with Crippen LogP contribution in [-0.2, 0) is 16.0 Å². The molecule has 2 saturated carbocycles. The van der Waals surface area contributed by atoms with Crippen LogP contribution in [0.15, 0.2) is 48.5 Å². The van der Waals surface area contributed by atoms with Gasteiger partial charge in [-0.15, -0.1) is 23.2 Å². The summed E-state index contributed by atoms with van der Waals surface area (Å²) in [4.78, 5) is 38.2. The Labute approximate surface area is 253 Å². The Bertz CT molecular complexity index is 1580. The molecule has 2 N–H and O–H groups in total. The minimum Gasteiger partial charge on any atom is -0.326 e. The van der Waals surface area contributed by atoms with Gasteiger partial charge in [0.15, 0.2) is 5.82 Å². The number of carbonyl (C=O) groups excluding carboxylic acids is 3. The number of carbonyl (C=O) groups is 3. The zero-order valence-corrected chi connectivity index (χ0v) is 24.1. The van der Waals surface area contributed by atoms with E-state index in [2.05, 4.69) is 10.6 Å². The molecule has 3 aromatic carbocycles. The number of benzene rings is 3. The molecule has 5 rings (SSSR count). The lowest BCUT2D eigenvalue weighted by molar-refractivity contribution is -0.119. The second-order valence-electron chi connectivity index (χ2n) is 10.2. The Balaban J connectivity index is 1.30. The Morgan fingerprint density at radius 3 is 2.27 bits per heavy atom. The van der Waals surface area contributed by atoms with E-state index >= 15 is 4.39 Å². The van der Waals surface area contributed by atoms with E-state index in [-0.39, 0.29) is 45.1 Å². The molecule has 3 aromatic rings. The molecule has 0 spiro atoms. The van der Waals surface area contributed by atoms with Crippen molar-refractivity contribution in [2.24, 2.45) is 11.8 Å². The minimum atomic E-state index is -1.48. The van der Waals surface area contributed by atoms with E-state index in [1.807, 2.05) is 0 Å². The van der Waals surface area contributed by atoms with Crippen molar-refractivity contribution in [1.29, 1.82) is 0 Å². The second kappa shape index (κ2) is 11.5. The smallest absolute Gasteiger partial charge is 0.257 e. The van der Waals surface area contributed by atoms with E-state index in [1.54, 1.807) is 0 Å². The van der Waals surface area contributed by atoms with Crippen molar-refractivity contribution >= 4 is 75.4 Å². The number of hydrogen-bond donors (Lipinski definition) is 2. The Morgan fingerprint density at radius 2 is 1.59 bits per heavy atom. The van der Waals surface area contributed by atoms with Crippen LogP contribution in [0.5, 0.6) is 0 Å². The highest BCUT2D eigenvalue weighted by Gasteiger charge is 2.67. The quantitative estimate of drug-likeness (QED) is 0.231. The van der Waals surface area contributed by atoms with E-state index in [4.69, 9.17) is 46.4 Å². The maximum atomic E-state index is 15.1. The normalized spacial score (nSPS) is 19.0. The predicted molar refractivity (Wildman–Crippen MR) is 153 cm³/mol. The first-order valence-electron chi connectivity index (χ1n) is 12.6. The summed E-state index contributed by atoms with van der Waals surface area (Å²) in [6.07, 6.45) is 1.69. The zero-order valence-electron chi connectivity index (χ0n) is 21.0. The van der Waals surface area contributed by atoms with Crippen LogP contribution in [0.4, 0.5) is 24.5 Å². The topological polar surface area (TPSA) is 75.3 Å². The summed E-state index contributed by atoms with van der Waals surface area (Å²) in [6.45, 7) is 0. The summed E-state index contributed by atoms with van der Waals surface area (Å²) >= 11 is 24.8. The molecule has 2 aliphatic carbocycles. The van der Waals surface area contributed by atoms with Crippen molar-refractivity contribution in [3.8, 4) is 0 Å². The number of nitrogens with one attached hydrogen (secondary N) is 2. The lowest BCUT2D eigenvalue weighted by Crippen LogP contribution is -2.19. The van der Waals surface area contributed by atoms with Gasteiger partial charge in [0, 0.05) is 30.0 Å². The van der Waals surface area contributed by atoms with Crippen LogP contribution in [0.1, 0.15) is 46.7 Å². The summed E-state index contributed by atoms with van der Waals surface area (Å²) in [6, 6.07) is 10.0. The maximum Gasteiger partial charge on any atom is 0.257 e. The summed E-state index contributed by atoms with van der Waals surface area (Å²) in [5.41, 5.74) is -0.216. The van der Waals surface area contributed by atoms with Gasteiger partial charge in [-0.3, -0.25) is 14.4 Å². The van der Waals surface area contributed by atoms with E-state index in [0.29, 0.717) is 5.56 Å². The number of hydrogen-bond acceptors (Lipinski definition) is 3. The van der Waals surface area contributed by atoms with Crippen LogP contribution < -0.4 is 10.6 Å². The number of anilines is 2. The van der Waals surface area contributed by atoms with Gasteiger partial charge in [-0.2, -0.15) is 0 Å². The van der Waals surface area contributed by atoms with Crippen LogP contribution >= 0.6 is 46.4 Å². The van der Waals surface area contributed by atoms with Crippen molar-refractivity contribution in [1.82, 2.24) is 0 Å². The number of amides is 2. The monoisotopic (exact) mass is 642 g/mol. The molecule has 5 nitrogen and oxygen atoms in total. The third kappa shape index (κ3) is 6.36. The predicted octanol–water partition coefficient (Wildman–Crippen LogP) is 8.10. The molecule has 0 aromatic heterocycles. The van der Waals surface area contributed by atoms with Crippen LogP contribution in [0.25, 0.3) is 0 Å². The van der Waals surface area contributed by atoms with Gasteiger partial charge in [-0.25, -0.2) is 13.2 Å². The molecule has 2 atom stereocenters. The molecule has 0 bridgehead atoms. The highest BCUT2D eigenvalue weighted by Crippen LogP contribution is 2.65. The first kappa shape index (κ1) is 29.7. The second-order valence-corrected chi connectivity index (χ2v) is 12.5. The van der Waals surface area contributed by atoms with Crippen molar-refractivity contribution < 1.29 is 27.6 Å². The van der Waals surface area contributed by atoms with Crippen LogP contribution in [0, 0.1) is 29.3 Å². The average molecular weight is 644 g/mol. The molecule has 0 aliphatic heterocycles. The summed E-state index contributed by atoms with van der Waals surface area (Å²) < 4.78 is 41.5. The fourth-order valence-electron chi connectivity index (χ4n) is 4.73. The minimum absolute atomic E-state index is 0.00265. The molecule has 12 heteroatoms. The van der Waals surface area contributed by atoms with Gasteiger partial charge in [-0.05, 0) is 66.8 Å². The Morgan fingerprint density at radius 1 is 0.878 bits per heavy atom. The van der Waals surface area contributed by atoms with Gasteiger partial charge in [0.25, 0.3) is 5.91 Å². The Kier molecular flexibility index (Phi) is 8.32. The fourth-order valence-corrected chi connectivity index (χ4v) is 5.95. The standard InChI is InChI=1S/C29H21Cl4F3N2O3/c30-19-5-4-15(37-28(41)25-24(29(25,32)33)14-3-6-22(35)20(31)10-14)11-17(19)27(40)38-23-8-7-21(34)18(26(23)36)12-16(39)9-13-1-2-13/h3-8,10-11,13,24-25H,1-2,9,12H2,(H,37,41)(H,38,40)/t24-,25+/m0/s1. The first-order chi connectivity index (χ1) is 19.4. The highest BCUT2D eigenvalue weighted by molar-refractivity contribution is 6.53. The molecule has 2 aliphatic rings. The molecule has 0 heterocycles. The maximum absolute atomic E-state index is 15.1. The first-order valence-corrected chi connectivity index (χ1v) is 14.1. The van der Waals surface area contributed by atoms with E-state index < -0.39 is 57.4 Å². The van der Waals surface area contributed by atoms with E-state index in [9.17, 15) is 23.2 Å². The van der Waals surface area contributed by atoms with E-state index in [0.717, 1.165) is 31.0 Å². The van der Waals surface area contributed by atoms with Crippen LogP contribution in [0.2, 0.25) is 10.0 Å². The lowest BCUT2D eigenvalue weighted by Gasteiger charge is -2.13. The van der Waals surface area contributed by atoms with Crippen molar-refractivity contribution in [2.45, 2.75) is 35.9 Å². The third-order valence-electron chi connectivity index (χ3n) is 7.14. The summed E-state index contributed by atoms with van der Waals surface area (Å²) in [5.74, 6) is -5.55. The van der Waals surface area contributed by atoms with Crippen molar-refractivity contribution in [3.05, 3.63) is 92.7 Å². The van der Waals surface area contributed by atoms with Gasteiger partial charge in [0.05, 0.1) is 27.2 Å². The molecule has 0 unspecified atom stereocenters. The molecule has 41 heavy (non-hydrogen) atoms.